The molecule has 1 N–H and O–H groups in total. The maximum atomic E-state index is 12.9. The zero-order valence-electron chi connectivity index (χ0n) is 15.5. The number of benzene rings is 2. The number of amides is 1. The minimum Gasteiger partial charge on any atom is -0.493 e. The van der Waals surface area contributed by atoms with E-state index in [0.29, 0.717) is 38.5 Å². The van der Waals surface area contributed by atoms with Crippen LogP contribution in [0.25, 0.3) is 11.0 Å². The molecule has 1 heterocycles. The molecule has 0 spiro atoms. The molecular formula is C20H18INO6. The third kappa shape index (κ3) is 3.91. The van der Waals surface area contributed by atoms with Crippen molar-refractivity contribution in [1.82, 2.24) is 0 Å². The Morgan fingerprint density at radius 3 is 2.25 bits per heavy atom. The number of furan rings is 1. The number of hydrogen-bond donors (Lipinski definition) is 1. The van der Waals surface area contributed by atoms with Crippen LogP contribution in [0.3, 0.4) is 0 Å². The van der Waals surface area contributed by atoms with E-state index in [4.69, 9.17) is 18.6 Å². The number of carbonyl (C=O) groups excluding carboxylic acids is 2. The molecular weight excluding hydrogens is 477 g/mol. The number of alkyl halides is 1. The highest BCUT2D eigenvalue weighted by Crippen LogP contribution is 2.39. The van der Waals surface area contributed by atoms with Crippen LogP contribution in [0, 0.1) is 0 Å². The van der Waals surface area contributed by atoms with Gasteiger partial charge in [-0.05, 0) is 30.3 Å². The molecule has 7 nitrogen and oxygen atoms in total. The Hall–Kier alpha value is -2.75. The Labute approximate surface area is 175 Å². The molecule has 146 valence electrons. The Bertz CT molecular complexity index is 1020. The van der Waals surface area contributed by atoms with Gasteiger partial charge in [-0.1, -0.05) is 22.6 Å². The number of ketones is 1. The van der Waals surface area contributed by atoms with Crippen molar-refractivity contribution >= 4 is 50.9 Å². The first-order valence-electron chi connectivity index (χ1n) is 8.24. The highest BCUT2D eigenvalue weighted by Gasteiger charge is 2.20. The second-order valence-corrected chi connectivity index (χ2v) is 6.55. The van der Waals surface area contributed by atoms with E-state index in [2.05, 4.69) is 5.32 Å². The summed E-state index contributed by atoms with van der Waals surface area (Å²) in [6.45, 7) is 0. The lowest BCUT2D eigenvalue weighted by Crippen LogP contribution is -2.11. The van der Waals surface area contributed by atoms with Gasteiger partial charge in [0.25, 0.3) is 0 Å². The van der Waals surface area contributed by atoms with Gasteiger partial charge in [0.2, 0.25) is 17.4 Å². The summed E-state index contributed by atoms with van der Waals surface area (Å²) < 4.78 is 22.0. The van der Waals surface area contributed by atoms with Crippen molar-refractivity contribution in [3.8, 4) is 17.2 Å². The molecule has 2 aromatic carbocycles. The smallest absolute Gasteiger partial charge is 0.234 e. The van der Waals surface area contributed by atoms with Crippen molar-refractivity contribution in [2.75, 3.05) is 31.1 Å². The summed E-state index contributed by atoms with van der Waals surface area (Å²) in [4.78, 5) is 24.5. The summed E-state index contributed by atoms with van der Waals surface area (Å²) in [6.07, 6.45) is 0. The number of rotatable bonds is 7. The van der Waals surface area contributed by atoms with Gasteiger partial charge in [-0.15, -0.1) is 0 Å². The van der Waals surface area contributed by atoms with Crippen molar-refractivity contribution in [2.24, 2.45) is 0 Å². The van der Waals surface area contributed by atoms with Gasteiger partial charge in [0.15, 0.2) is 17.3 Å². The van der Waals surface area contributed by atoms with Crippen molar-refractivity contribution in [1.29, 1.82) is 0 Å². The molecule has 1 aromatic heterocycles. The lowest BCUT2D eigenvalue weighted by molar-refractivity contribution is -0.113. The second-order valence-electron chi connectivity index (χ2n) is 5.79. The molecule has 0 radical (unpaired) electrons. The highest BCUT2D eigenvalue weighted by molar-refractivity contribution is 14.1. The zero-order valence-corrected chi connectivity index (χ0v) is 17.7. The van der Waals surface area contributed by atoms with E-state index in [9.17, 15) is 9.59 Å². The van der Waals surface area contributed by atoms with E-state index in [-0.39, 0.29) is 17.5 Å². The molecule has 0 saturated heterocycles. The number of halogens is 1. The number of methoxy groups -OCH3 is 3. The SMILES string of the molecule is COc1cc(C(=O)c2cc3ccc(NC(=O)CI)cc3o2)cc(OC)c1OC. The van der Waals surface area contributed by atoms with Crippen LogP contribution < -0.4 is 19.5 Å². The lowest BCUT2D eigenvalue weighted by atomic mass is 10.1. The van der Waals surface area contributed by atoms with Gasteiger partial charge in [-0.3, -0.25) is 9.59 Å². The van der Waals surface area contributed by atoms with Gasteiger partial charge in [0.1, 0.15) is 5.58 Å². The van der Waals surface area contributed by atoms with Crippen molar-refractivity contribution in [3.63, 3.8) is 0 Å². The molecule has 28 heavy (non-hydrogen) atoms. The predicted octanol–water partition coefficient (Wildman–Crippen LogP) is 4.06. The number of fused-ring (bicyclic) bond motifs is 1. The van der Waals surface area contributed by atoms with E-state index >= 15 is 0 Å². The summed E-state index contributed by atoms with van der Waals surface area (Å²) >= 11 is 1.98. The normalized spacial score (nSPS) is 10.6. The molecule has 0 aliphatic carbocycles. The first-order valence-corrected chi connectivity index (χ1v) is 9.77. The van der Waals surface area contributed by atoms with Crippen molar-refractivity contribution in [2.45, 2.75) is 0 Å². The van der Waals surface area contributed by atoms with Gasteiger partial charge >= 0.3 is 0 Å². The Balaban J connectivity index is 1.98. The van der Waals surface area contributed by atoms with E-state index in [1.54, 1.807) is 36.4 Å². The average Bonchev–Trinajstić information content (AvgIpc) is 3.15. The minimum atomic E-state index is -0.326. The summed E-state index contributed by atoms with van der Waals surface area (Å²) in [6, 6.07) is 10.0. The molecule has 0 aliphatic heterocycles. The first-order chi connectivity index (χ1) is 13.5. The van der Waals surface area contributed by atoms with Crippen LogP contribution in [0.15, 0.2) is 40.8 Å². The Morgan fingerprint density at radius 1 is 1.00 bits per heavy atom. The van der Waals surface area contributed by atoms with Gasteiger partial charge < -0.3 is 23.9 Å². The maximum absolute atomic E-state index is 12.9. The van der Waals surface area contributed by atoms with E-state index in [1.165, 1.54) is 21.3 Å². The van der Waals surface area contributed by atoms with Crippen molar-refractivity contribution in [3.05, 3.63) is 47.7 Å². The third-order valence-electron chi connectivity index (χ3n) is 4.08. The second kappa shape index (κ2) is 8.51. The van der Waals surface area contributed by atoms with E-state index in [1.807, 2.05) is 22.6 Å². The average molecular weight is 495 g/mol. The number of nitrogens with one attached hydrogen (secondary N) is 1. The summed E-state index contributed by atoms with van der Waals surface area (Å²) in [5, 5.41) is 3.51. The summed E-state index contributed by atoms with van der Waals surface area (Å²) in [5.41, 5.74) is 1.45. The third-order valence-corrected chi connectivity index (χ3v) is 4.77. The van der Waals surface area contributed by atoms with Gasteiger partial charge in [0.05, 0.1) is 25.8 Å². The van der Waals surface area contributed by atoms with E-state index < -0.39 is 0 Å². The van der Waals surface area contributed by atoms with Crippen LogP contribution in [0.4, 0.5) is 5.69 Å². The summed E-state index contributed by atoms with van der Waals surface area (Å²) in [7, 11) is 4.46. The molecule has 3 aromatic rings. The fourth-order valence-corrected chi connectivity index (χ4v) is 2.96. The standard InChI is InChI=1S/C20H18INO6/c1-25-16-7-12(8-17(26-2)20(16)27-3)19(24)15-6-11-4-5-13(9-14(11)28-15)22-18(23)10-21/h4-9H,10H2,1-3H3,(H,22,23). The molecule has 0 fully saturated rings. The monoisotopic (exact) mass is 495 g/mol. The molecule has 1 amide bonds. The summed E-state index contributed by atoms with van der Waals surface area (Å²) in [5.74, 6) is 0.896. The largest absolute Gasteiger partial charge is 0.493 e. The van der Waals surface area contributed by atoms with Crippen LogP contribution in [0.2, 0.25) is 0 Å². The number of ether oxygens (including phenoxy) is 3. The number of carbonyl (C=O) groups is 2. The number of anilines is 1. The van der Waals surface area contributed by atoms with Crippen LogP contribution in [0.5, 0.6) is 17.2 Å². The lowest BCUT2D eigenvalue weighted by Gasteiger charge is -2.13. The van der Waals surface area contributed by atoms with Crippen LogP contribution >= 0.6 is 22.6 Å². The fraction of sp³-hybridized carbons (Fsp3) is 0.200. The minimum absolute atomic E-state index is 0.111. The molecule has 0 atom stereocenters. The topological polar surface area (TPSA) is 87.0 Å². The molecule has 3 rings (SSSR count). The van der Waals surface area contributed by atoms with E-state index in [0.717, 1.165) is 5.39 Å². The van der Waals surface area contributed by atoms with Crippen LogP contribution in [-0.4, -0.2) is 37.4 Å². The molecule has 0 saturated carbocycles. The van der Waals surface area contributed by atoms with Crippen LogP contribution in [-0.2, 0) is 4.79 Å². The quantitative estimate of drug-likeness (QED) is 0.302. The van der Waals surface area contributed by atoms with Crippen molar-refractivity contribution < 1.29 is 28.2 Å². The van der Waals surface area contributed by atoms with Gasteiger partial charge in [0, 0.05) is 22.7 Å². The molecule has 0 unspecified atom stereocenters. The highest BCUT2D eigenvalue weighted by atomic mass is 127. The Morgan fingerprint density at radius 2 is 1.68 bits per heavy atom. The number of hydrogen-bond acceptors (Lipinski definition) is 6. The van der Waals surface area contributed by atoms with Gasteiger partial charge in [-0.2, -0.15) is 0 Å². The van der Waals surface area contributed by atoms with Crippen LogP contribution in [0.1, 0.15) is 16.1 Å². The predicted molar refractivity (Wildman–Crippen MR) is 113 cm³/mol. The Kier molecular flexibility index (Phi) is 6.08. The molecule has 0 bridgehead atoms. The fourth-order valence-electron chi connectivity index (χ4n) is 2.77. The molecule has 8 heteroatoms. The maximum Gasteiger partial charge on any atom is 0.234 e. The zero-order chi connectivity index (χ0) is 20.3. The molecule has 0 aliphatic rings. The van der Waals surface area contributed by atoms with Gasteiger partial charge in [-0.25, -0.2) is 0 Å². The first kappa shape index (κ1) is 20.0.